The van der Waals surface area contributed by atoms with Crippen LogP contribution in [0.1, 0.15) is 12.5 Å². The molecule has 0 spiro atoms. The van der Waals surface area contributed by atoms with Crippen LogP contribution in [0, 0.1) is 0 Å². The number of methoxy groups -OCH3 is 1. The summed E-state index contributed by atoms with van der Waals surface area (Å²) in [6.07, 6.45) is 0.394. The second kappa shape index (κ2) is 6.91. The molecule has 94 valence electrons. The molecule has 1 aromatic carbocycles. The Balaban J connectivity index is 2.65. The van der Waals surface area contributed by atoms with Crippen LogP contribution < -0.4 is 10.5 Å². The van der Waals surface area contributed by atoms with Crippen LogP contribution in [-0.4, -0.2) is 37.6 Å². The molecule has 17 heavy (non-hydrogen) atoms. The summed E-state index contributed by atoms with van der Waals surface area (Å²) in [5.41, 5.74) is 6.43. The zero-order valence-corrected chi connectivity index (χ0v) is 10.5. The fraction of sp³-hybridized carbons (Fsp3) is 0.462. The fourth-order valence-electron chi connectivity index (χ4n) is 1.68. The molecule has 1 aromatic rings. The minimum absolute atomic E-state index is 0.103. The summed E-state index contributed by atoms with van der Waals surface area (Å²) in [6, 6.07) is 7.57. The minimum Gasteiger partial charge on any atom is -0.497 e. The Morgan fingerprint density at radius 2 is 2.24 bits per heavy atom. The van der Waals surface area contributed by atoms with Gasteiger partial charge in [0, 0.05) is 19.6 Å². The molecule has 0 aliphatic heterocycles. The maximum atomic E-state index is 12.0. The lowest BCUT2D eigenvalue weighted by Gasteiger charge is -2.20. The number of amides is 1. The number of hydrogen-bond donors (Lipinski definition) is 1. The monoisotopic (exact) mass is 236 g/mol. The smallest absolute Gasteiger partial charge is 0.227 e. The number of carbonyl (C=O) groups excluding carboxylic acids is 1. The maximum absolute atomic E-state index is 12.0. The zero-order valence-electron chi connectivity index (χ0n) is 10.5. The molecule has 0 heterocycles. The first kappa shape index (κ1) is 13.5. The highest BCUT2D eigenvalue weighted by Crippen LogP contribution is 2.13. The summed E-state index contributed by atoms with van der Waals surface area (Å²) in [7, 11) is 1.62. The number of hydrogen-bond acceptors (Lipinski definition) is 3. The summed E-state index contributed by atoms with van der Waals surface area (Å²) >= 11 is 0. The van der Waals surface area contributed by atoms with Crippen molar-refractivity contribution in [2.75, 3.05) is 26.7 Å². The standard InChI is InChI=1S/C13H20N2O2/c1-3-15(8-7-14)13(16)10-11-5-4-6-12(9-11)17-2/h4-6,9H,3,7-8,10,14H2,1-2H3. The SMILES string of the molecule is CCN(CCN)C(=O)Cc1cccc(OC)c1. The Hall–Kier alpha value is -1.55. The number of benzene rings is 1. The third-order valence-electron chi connectivity index (χ3n) is 2.62. The lowest BCUT2D eigenvalue weighted by Crippen LogP contribution is -2.36. The van der Waals surface area contributed by atoms with Gasteiger partial charge in [0.15, 0.2) is 0 Å². The van der Waals surface area contributed by atoms with Crippen LogP contribution in [0.5, 0.6) is 5.75 Å². The van der Waals surface area contributed by atoms with Crippen LogP contribution in [0.3, 0.4) is 0 Å². The molecular formula is C13H20N2O2. The fourth-order valence-corrected chi connectivity index (χ4v) is 1.68. The van der Waals surface area contributed by atoms with E-state index in [-0.39, 0.29) is 5.91 Å². The van der Waals surface area contributed by atoms with Crippen molar-refractivity contribution in [3.05, 3.63) is 29.8 Å². The van der Waals surface area contributed by atoms with Crippen molar-refractivity contribution in [2.45, 2.75) is 13.3 Å². The van der Waals surface area contributed by atoms with Crippen molar-refractivity contribution in [3.63, 3.8) is 0 Å². The lowest BCUT2D eigenvalue weighted by atomic mass is 10.1. The van der Waals surface area contributed by atoms with Crippen LogP contribution in [0.15, 0.2) is 24.3 Å². The van der Waals surface area contributed by atoms with Crippen LogP contribution in [0.25, 0.3) is 0 Å². The van der Waals surface area contributed by atoms with E-state index in [1.165, 1.54) is 0 Å². The second-order valence-corrected chi connectivity index (χ2v) is 3.79. The Kier molecular flexibility index (Phi) is 5.49. The van der Waals surface area contributed by atoms with Gasteiger partial charge >= 0.3 is 0 Å². The summed E-state index contributed by atoms with van der Waals surface area (Å²) in [5, 5.41) is 0. The first-order valence-corrected chi connectivity index (χ1v) is 5.82. The normalized spacial score (nSPS) is 10.1. The molecule has 1 amide bonds. The number of nitrogens with zero attached hydrogens (tertiary/aromatic N) is 1. The van der Waals surface area contributed by atoms with Crippen molar-refractivity contribution in [2.24, 2.45) is 5.73 Å². The first-order chi connectivity index (χ1) is 8.21. The Bertz CT molecular complexity index is 366. The van der Waals surface area contributed by atoms with E-state index in [0.29, 0.717) is 26.1 Å². The summed E-state index contributed by atoms with van der Waals surface area (Å²) in [4.78, 5) is 13.7. The number of ether oxygens (including phenoxy) is 1. The topological polar surface area (TPSA) is 55.6 Å². The van der Waals surface area contributed by atoms with E-state index in [1.54, 1.807) is 12.0 Å². The molecule has 0 radical (unpaired) electrons. The van der Waals surface area contributed by atoms with E-state index in [4.69, 9.17) is 10.5 Å². The van der Waals surface area contributed by atoms with Crippen molar-refractivity contribution in [1.82, 2.24) is 4.90 Å². The number of rotatable bonds is 6. The molecule has 0 fully saturated rings. The molecule has 1 rings (SSSR count). The number of nitrogens with two attached hydrogens (primary N) is 1. The lowest BCUT2D eigenvalue weighted by molar-refractivity contribution is -0.130. The minimum atomic E-state index is 0.103. The second-order valence-electron chi connectivity index (χ2n) is 3.79. The highest BCUT2D eigenvalue weighted by atomic mass is 16.5. The van der Waals surface area contributed by atoms with Crippen LogP contribution in [-0.2, 0) is 11.2 Å². The van der Waals surface area contributed by atoms with Gasteiger partial charge in [-0.25, -0.2) is 0 Å². The molecule has 0 unspecified atom stereocenters. The molecule has 2 N–H and O–H groups in total. The molecule has 0 atom stereocenters. The van der Waals surface area contributed by atoms with E-state index >= 15 is 0 Å². The molecule has 0 bridgehead atoms. The molecule has 4 nitrogen and oxygen atoms in total. The van der Waals surface area contributed by atoms with Crippen LogP contribution >= 0.6 is 0 Å². The summed E-state index contributed by atoms with van der Waals surface area (Å²) < 4.78 is 5.13. The Morgan fingerprint density at radius 3 is 2.82 bits per heavy atom. The van der Waals surface area contributed by atoms with Crippen molar-refractivity contribution < 1.29 is 9.53 Å². The average Bonchev–Trinajstić information content (AvgIpc) is 2.36. The van der Waals surface area contributed by atoms with E-state index < -0.39 is 0 Å². The predicted molar refractivity (Wildman–Crippen MR) is 68.0 cm³/mol. The maximum Gasteiger partial charge on any atom is 0.227 e. The summed E-state index contributed by atoms with van der Waals surface area (Å²) in [5.74, 6) is 0.878. The van der Waals surface area contributed by atoms with Gasteiger partial charge in [-0.15, -0.1) is 0 Å². The van der Waals surface area contributed by atoms with Crippen molar-refractivity contribution in [3.8, 4) is 5.75 Å². The molecule has 0 aliphatic carbocycles. The molecule has 0 aromatic heterocycles. The number of carbonyl (C=O) groups is 1. The van der Waals surface area contributed by atoms with Crippen LogP contribution in [0.2, 0.25) is 0 Å². The van der Waals surface area contributed by atoms with Gasteiger partial charge in [-0.1, -0.05) is 12.1 Å². The van der Waals surface area contributed by atoms with E-state index in [2.05, 4.69) is 0 Å². The summed E-state index contributed by atoms with van der Waals surface area (Å²) in [6.45, 7) is 3.76. The van der Waals surface area contributed by atoms with Gasteiger partial charge in [-0.05, 0) is 24.6 Å². The molecule has 0 saturated carbocycles. The predicted octanol–water partition coefficient (Wildman–Crippen LogP) is 1.04. The Morgan fingerprint density at radius 1 is 1.47 bits per heavy atom. The van der Waals surface area contributed by atoms with Gasteiger partial charge in [0.1, 0.15) is 5.75 Å². The van der Waals surface area contributed by atoms with Crippen molar-refractivity contribution >= 4 is 5.91 Å². The van der Waals surface area contributed by atoms with Gasteiger partial charge in [0.05, 0.1) is 13.5 Å². The van der Waals surface area contributed by atoms with E-state index in [0.717, 1.165) is 11.3 Å². The third-order valence-corrected chi connectivity index (χ3v) is 2.62. The first-order valence-electron chi connectivity index (χ1n) is 5.82. The van der Waals surface area contributed by atoms with E-state index in [9.17, 15) is 4.79 Å². The van der Waals surface area contributed by atoms with Gasteiger partial charge in [0.2, 0.25) is 5.91 Å². The molecular weight excluding hydrogens is 216 g/mol. The Labute approximate surface area is 102 Å². The van der Waals surface area contributed by atoms with Gasteiger partial charge in [-0.2, -0.15) is 0 Å². The quantitative estimate of drug-likeness (QED) is 0.803. The molecule has 0 saturated heterocycles. The van der Waals surface area contributed by atoms with Gasteiger partial charge in [0.25, 0.3) is 0 Å². The van der Waals surface area contributed by atoms with Gasteiger partial charge in [-0.3, -0.25) is 4.79 Å². The highest BCUT2D eigenvalue weighted by Gasteiger charge is 2.11. The van der Waals surface area contributed by atoms with E-state index in [1.807, 2.05) is 31.2 Å². The zero-order chi connectivity index (χ0) is 12.7. The number of likely N-dealkylation sites (N-methyl/N-ethyl adjacent to an activating group) is 1. The van der Waals surface area contributed by atoms with Crippen LogP contribution in [0.4, 0.5) is 0 Å². The van der Waals surface area contributed by atoms with Gasteiger partial charge < -0.3 is 15.4 Å². The molecule has 4 heteroatoms. The molecule has 0 aliphatic rings. The third kappa shape index (κ3) is 4.07. The highest BCUT2D eigenvalue weighted by molar-refractivity contribution is 5.78. The van der Waals surface area contributed by atoms with Crippen molar-refractivity contribution in [1.29, 1.82) is 0 Å². The largest absolute Gasteiger partial charge is 0.497 e. The average molecular weight is 236 g/mol.